The molecule has 106 valence electrons. The van der Waals surface area contributed by atoms with Crippen LogP contribution < -0.4 is 0 Å². The molecule has 0 aromatic carbocycles. The van der Waals surface area contributed by atoms with E-state index in [0.717, 1.165) is 5.82 Å². The number of hydrogen-bond donors (Lipinski definition) is 1. The van der Waals surface area contributed by atoms with E-state index in [1.807, 2.05) is 18.5 Å². The molecule has 3 rings (SSSR count). The van der Waals surface area contributed by atoms with Gasteiger partial charge in [-0.05, 0) is 35.2 Å². The fourth-order valence-corrected chi connectivity index (χ4v) is 3.25. The minimum atomic E-state index is 0.0963. The lowest BCUT2D eigenvalue weighted by molar-refractivity contribution is -0.127. The van der Waals surface area contributed by atoms with Crippen molar-refractivity contribution in [3.05, 3.63) is 28.2 Å². The third-order valence-corrected chi connectivity index (χ3v) is 4.76. The van der Waals surface area contributed by atoms with Crippen LogP contribution in [0.5, 0.6) is 0 Å². The maximum absolute atomic E-state index is 12.0. The van der Waals surface area contributed by atoms with Crippen molar-refractivity contribution in [2.24, 2.45) is 0 Å². The number of aromatic nitrogens is 3. The smallest absolute Gasteiger partial charge is 0.233 e. The highest BCUT2D eigenvalue weighted by Gasteiger charge is 2.27. The monoisotopic (exact) mass is 308 g/mol. The van der Waals surface area contributed by atoms with Gasteiger partial charge < -0.3 is 4.90 Å². The number of carbonyl (C=O) groups excluding carboxylic acids is 1. The molecule has 1 saturated carbocycles. The summed E-state index contributed by atoms with van der Waals surface area (Å²) in [6, 6.07) is 2.04. The Morgan fingerprint density at radius 1 is 1.60 bits per heavy atom. The molecule has 5 nitrogen and oxygen atoms in total. The van der Waals surface area contributed by atoms with E-state index in [1.54, 1.807) is 16.2 Å². The summed E-state index contributed by atoms with van der Waals surface area (Å²) in [6.45, 7) is 0.657. The normalized spacial score (nSPS) is 14.4. The van der Waals surface area contributed by atoms with Gasteiger partial charge in [-0.15, -0.1) is 5.10 Å². The van der Waals surface area contributed by atoms with Crippen LogP contribution in [0.3, 0.4) is 0 Å². The second kappa shape index (κ2) is 5.97. The molecule has 0 saturated heterocycles. The molecule has 1 aliphatic rings. The van der Waals surface area contributed by atoms with E-state index in [0.29, 0.717) is 23.4 Å². The summed E-state index contributed by atoms with van der Waals surface area (Å²) < 4.78 is 0. The van der Waals surface area contributed by atoms with Gasteiger partial charge in [0, 0.05) is 19.5 Å². The number of hydrogen-bond acceptors (Lipinski definition) is 5. The highest BCUT2D eigenvalue weighted by Crippen LogP contribution is 2.38. The molecule has 0 atom stereocenters. The van der Waals surface area contributed by atoms with Gasteiger partial charge in [0.15, 0.2) is 0 Å². The number of aromatic amines is 1. The number of thioether (sulfide) groups is 1. The van der Waals surface area contributed by atoms with Crippen LogP contribution in [0.2, 0.25) is 0 Å². The van der Waals surface area contributed by atoms with E-state index in [4.69, 9.17) is 0 Å². The highest BCUT2D eigenvalue weighted by molar-refractivity contribution is 7.99. The van der Waals surface area contributed by atoms with Crippen molar-refractivity contribution in [1.29, 1.82) is 0 Å². The summed E-state index contributed by atoms with van der Waals surface area (Å²) in [5.41, 5.74) is 1.17. The Labute approximate surface area is 125 Å². The molecule has 2 aromatic rings. The van der Waals surface area contributed by atoms with Crippen molar-refractivity contribution in [3.63, 3.8) is 0 Å². The molecule has 1 amide bonds. The summed E-state index contributed by atoms with van der Waals surface area (Å²) >= 11 is 3.04. The third kappa shape index (κ3) is 3.40. The molecule has 1 aliphatic carbocycles. The summed E-state index contributed by atoms with van der Waals surface area (Å²) in [5.74, 6) is 2.00. The molecule has 2 aromatic heterocycles. The molecule has 1 N–H and O–H groups in total. The van der Waals surface area contributed by atoms with Crippen LogP contribution in [-0.2, 0) is 11.3 Å². The van der Waals surface area contributed by atoms with E-state index in [9.17, 15) is 4.79 Å². The van der Waals surface area contributed by atoms with Gasteiger partial charge in [0.1, 0.15) is 5.82 Å². The minimum Gasteiger partial charge on any atom is -0.341 e. The van der Waals surface area contributed by atoms with Crippen molar-refractivity contribution >= 4 is 29.0 Å². The van der Waals surface area contributed by atoms with Gasteiger partial charge in [-0.1, -0.05) is 11.8 Å². The van der Waals surface area contributed by atoms with E-state index < -0.39 is 0 Å². The third-order valence-electron chi connectivity index (χ3n) is 3.20. The Balaban J connectivity index is 1.47. The molecular weight excluding hydrogens is 292 g/mol. The first kappa shape index (κ1) is 13.6. The first-order valence-corrected chi connectivity index (χ1v) is 8.45. The van der Waals surface area contributed by atoms with Crippen LogP contribution in [0.15, 0.2) is 22.0 Å². The molecule has 0 unspecified atom stereocenters. The zero-order valence-corrected chi connectivity index (χ0v) is 12.8. The summed E-state index contributed by atoms with van der Waals surface area (Å²) in [7, 11) is 1.83. The van der Waals surface area contributed by atoms with E-state index in [2.05, 4.69) is 20.6 Å². The molecule has 0 aliphatic heterocycles. The number of carbonyl (C=O) groups is 1. The predicted octanol–water partition coefficient (Wildman–Crippen LogP) is 2.49. The second-order valence-corrected chi connectivity index (χ2v) is 6.67. The van der Waals surface area contributed by atoms with Crippen molar-refractivity contribution < 1.29 is 4.79 Å². The number of H-pyrrole nitrogens is 1. The van der Waals surface area contributed by atoms with Crippen LogP contribution in [0.25, 0.3) is 0 Å². The Morgan fingerprint density at radius 3 is 3.15 bits per heavy atom. The molecule has 0 bridgehead atoms. The van der Waals surface area contributed by atoms with Gasteiger partial charge >= 0.3 is 0 Å². The Morgan fingerprint density at radius 2 is 2.45 bits per heavy atom. The van der Waals surface area contributed by atoms with Crippen molar-refractivity contribution in [1.82, 2.24) is 20.1 Å². The second-order valence-electron chi connectivity index (χ2n) is 4.95. The van der Waals surface area contributed by atoms with E-state index >= 15 is 0 Å². The average molecular weight is 308 g/mol. The van der Waals surface area contributed by atoms with Gasteiger partial charge in [0.2, 0.25) is 11.1 Å². The quantitative estimate of drug-likeness (QED) is 0.833. The SMILES string of the molecule is CN(Cc1ccsc1)C(=O)CSc1n[nH]c(C2CC2)n1. The van der Waals surface area contributed by atoms with Crippen LogP contribution in [0.1, 0.15) is 30.1 Å². The summed E-state index contributed by atoms with van der Waals surface area (Å²) in [5, 5.41) is 11.9. The van der Waals surface area contributed by atoms with Gasteiger partial charge in [-0.3, -0.25) is 9.89 Å². The van der Waals surface area contributed by atoms with Crippen LogP contribution in [-0.4, -0.2) is 38.8 Å². The topological polar surface area (TPSA) is 61.9 Å². The lowest BCUT2D eigenvalue weighted by atomic mass is 10.3. The minimum absolute atomic E-state index is 0.0963. The number of thiophene rings is 1. The maximum atomic E-state index is 12.0. The number of amides is 1. The zero-order chi connectivity index (χ0) is 13.9. The number of nitrogens with zero attached hydrogens (tertiary/aromatic N) is 3. The van der Waals surface area contributed by atoms with Gasteiger partial charge in [-0.25, -0.2) is 4.98 Å². The van der Waals surface area contributed by atoms with Gasteiger partial charge in [0.25, 0.3) is 0 Å². The Kier molecular flexibility index (Phi) is 4.07. The van der Waals surface area contributed by atoms with Crippen LogP contribution in [0, 0.1) is 0 Å². The molecule has 0 radical (unpaired) electrons. The average Bonchev–Trinajstić information content (AvgIpc) is 2.98. The Hall–Kier alpha value is -1.34. The van der Waals surface area contributed by atoms with E-state index in [1.165, 1.54) is 30.2 Å². The molecule has 7 heteroatoms. The molecule has 20 heavy (non-hydrogen) atoms. The van der Waals surface area contributed by atoms with Gasteiger partial charge in [-0.2, -0.15) is 11.3 Å². The van der Waals surface area contributed by atoms with E-state index in [-0.39, 0.29) is 5.91 Å². The van der Waals surface area contributed by atoms with Crippen molar-refractivity contribution in [3.8, 4) is 0 Å². The lowest BCUT2D eigenvalue weighted by Crippen LogP contribution is -2.27. The first-order valence-electron chi connectivity index (χ1n) is 6.52. The largest absolute Gasteiger partial charge is 0.341 e. The van der Waals surface area contributed by atoms with Crippen molar-refractivity contribution in [2.75, 3.05) is 12.8 Å². The van der Waals surface area contributed by atoms with Crippen LogP contribution in [0.4, 0.5) is 0 Å². The summed E-state index contributed by atoms with van der Waals surface area (Å²) in [6.07, 6.45) is 2.39. The number of nitrogens with one attached hydrogen (secondary N) is 1. The zero-order valence-electron chi connectivity index (χ0n) is 11.2. The van der Waals surface area contributed by atoms with Gasteiger partial charge in [0.05, 0.1) is 5.75 Å². The maximum Gasteiger partial charge on any atom is 0.233 e. The standard InChI is InChI=1S/C13H16N4OS2/c1-17(6-9-4-5-19-7-9)11(18)8-20-13-14-12(15-16-13)10-2-3-10/h4-5,7,10H,2-3,6,8H2,1H3,(H,14,15,16). The fraction of sp³-hybridized carbons (Fsp3) is 0.462. The fourth-order valence-electron chi connectivity index (χ4n) is 1.84. The lowest BCUT2D eigenvalue weighted by Gasteiger charge is -2.15. The molecule has 0 spiro atoms. The predicted molar refractivity (Wildman–Crippen MR) is 79.9 cm³/mol. The molecule has 1 fully saturated rings. The number of rotatable bonds is 6. The highest BCUT2D eigenvalue weighted by atomic mass is 32.2. The van der Waals surface area contributed by atoms with Crippen molar-refractivity contribution in [2.45, 2.75) is 30.5 Å². The molecule has 2 heterocycles. The first-order chi connectivity index (χ1) is 9.72. The van der Waals surface area contributed by atoms with Crippen LogP contribution >= 0.6 is 23.1 Å². The Bertz CT molecular complexity index is 577. The molecular formula is C13H16N4OS2. The summed E-state index contributed by atoms with van der Waals surface area (Å²) in [4.78, 5) is 18.2.